The maximum Gasteiger partial charge on any atom is 0.222 e. The minimum absolute atomic E-state index is 0.0204. The predicted octanol–water partition coefficient (Wildman–Crippen LogP) is 2.29. The molecule has 1 amide bonds. The van der Waals surface area contributed by atoms with Crippen molar-refractivity contribution in [3.63, 3.8) is 0 Å². The van der Waals surface area contributed by atoms with Gasteiger partial charge in [-0.2, -0.15) is 0 Å². The molecule has 142 valence electrons. The Bertz CT molecular complexity index is 656. The summed E-state index contributed by atoms with van der Waals surface area (Å²) >= 11 is 0. The first-order valence-corrected chi connectivity index (χ1v) is 9.76. The van der Waals surface area contributed by atoms with Crippen LogP contribution in [0.3, 0.4) is 0 Å². The Hall–Kier alpha value is -1.50. The summed E-state index contributed by atoms with van der Waals surface area (Å²) in [6.07, 6.45) is 3.58. The van der Waals surface area contributed by atoms with Crippen molar-refractivity contribution in [2.24, 2.45) is 0 Å². The standard InChI is InChI=1S/C20H28FN3O2/c1-14-13-26-9-8-23(14)17-11-19(22-20(25)12-17)24-7-3-6-18(24)15-4-2-5-16(21)10-15/h2,4-5,10,14,17-19H,3,6-9,11-13H2,1H3,(H,22,25)/t14-,17?,18+,19?/m1/s1. The van der Waals surface area contributed by atoms with Gasteiger partial charge in [-0.25, -0.2) is 4.39 Å². The number of carbonyl (C=O) groups excluding carboxylic acids is 1. The van der Waals surface area contributed by atoms with Gasteiger partial charge in [-0.15, -0.1) is 0 Å². The number of benzene rings is 1. The number of rotatable bonds is 3. The molecular formula is C20H28FN3O2. The van der Waals surface area contributed by atoms with Crippen LogP contribution in [0.1, 0.15) is 44.2 Å². The SMILES string of the molecule is C[C@@H]1COCCN1C1CC(=O)NC(N2CCC[C@H]2c2cccc(F)c2)C1. The van der Waals surface area contributed by atoms with E-state index >= 15 is 0 Å². The molecule has 3 heterocycles. The van der Waals surface area contributed by atoms with E-state index in [-0.39, 0.29) is 30.0 Å². The van der Waals surface area contributed by atoms with Crippen LogP contribution in [0.25, 0.3) is 0 Å². The third kappa shape index (κ3) is 3.63. The van der Waals surface area contributed by atoms with Gasteiger partial charge in [-0.1, -0.05) is 12.1 Å². The summed E-state index contributed by atoms with van der Waals surface area (Å²) in [5, 5.41) is 3.19. The topological polar surface area (TPSA) is 44.8 Å². The van der Waals surface area contributed by atoms with Crippen LogP contribution >= 0.6 is 0 Å². The number of likely N-dealkylation sites (tertiary alicyclic amines) is 1. The van der Waals surface area contributed by atoms with Crippen molar-refractivity contribution >= 4 is 5.91 Å². The number of hydrogen-bond acceptors (Lipinski definition) is 4. The molecule has 0 saturated carbocycles. The highest BCUT2D eigenvalue weighted by atomic mass is 19.1. The van der Waals surface area contributed by atoms with Gasteiger partial charge in [0.05, 0.1) is 19.4 Å². The molecule has 0 bridgehead atoms. The highest BCUT2D eigenvalue weighted by molar-refractivity contribution is 5.77. The third-order valence-electron chi connectivity index (χ3n) is 6.06. The first-order chi connectivity index (χ1) is 12.6. The second-order valence-corrected chi connectivity index (χ2v) is 7.79. The van der Waals surface area contributed by atoms with Crippen molar-refractivity contribution in [3.8, 4) is 0 Å². The molecule has 1 aromatic rings. The minimum Gasteiger partial charge on any atom is -0.379 e. The molecule has 4 rings (SSSR count). The molecule has 3 saturated heterocycles. The fourth-order valence-corrected chi connectivity index (χ4v) is 4.85. The number of hydrogen-bond donors (Lipinski definition) is 1. The van der Waals surface area contributed by atoms with Crippen LogP contribution in [-0.2, 0) is 9.53 Å². The highest BCUT2D eigenvalue weighted by Crippen LogP contribution is 2.36. The van der Waals surface area contributed by atoms with Crippen LogP contribution < -0.4 is 5.32 Å². The Kier molecular flexibility index (Phi) is 5.25. The van der Waals surface area contributed by atoms with Gasteiger partial charge in [0.15, 0.2) is 0 Å². The first kappa shape index (κ1) is 17.9. The molecule has 3 aliphatic heterocycles. The zero-order valence-corrected chi connectivity index (χ0v) is 15.4. The molecule has 4 atom stereocenters. The van der Waals surface area contributed by atoms with E-state index in [0.29, 0.717) is 12.5 Å². The number of nitrogens with one attached hydrogen (secondary N) is 1. The number of carbonyl (C=O) groups is 1. The van der Waals surface area contributed by atoms with Crippen LogP contribution in [0.5, 0.6) is 0 Å². The van der Waals surface area contributed by atoms with E-state index in [2.05, 4.69) is 22.0 Å². The Morgan fingerprint density at radius 2 is 2.15 bits per heavy atom. The lowest BCUT2D eigenvalue weighted by molar-refractivity contribution is -0.130. The fourth-order valence-electron chi connectivity index (χ4n) is 4.85. The van der Waals surface area contributed by atoms with Gasteiger partial charge in [0.25, 0.3) is 0 Å². The second kappa shape index (κ2) is 7.62. The summed E-state index contributed by atoms with van der Waals surface area (Å²) in [4.78, 5) is 17.2. The molecule has 26 heavy (non-hydrogen) atoms. The number of piperidine rings is 1. The lowest BCUT2D eigenvalue weighted by Crippen LogP contribution is -2.59. The van der Waals surface area contributed by atoms with Crippen LogP contribution in [0.2, 0.25) is 0 Å². The van der Waals surface area contributed by atoms with Crippen LogP contribution in [-0.4, -0.2) is 60.3 Å². The van der Waals surface area contributed by atoms with Crippen LogP contribution in [0.4, 0.5) is 4.39 Å². The van der Waals surface area contributed by atoms with E-state index < -0.39 is 0 Å². The lowest BCUT2D eigenvalue weighted by Gasteiger charge is -2.45. The Balaban J connectivity index is 1.51. The molecule has 1 aromatic carbocycles. The summed E-state index contributed by atoms with van der Waals surface area (Å²) in [5.74, 6) is -0.0723. The maximum absolute atomic E-state index is 13.7. The number of nitrogens with zero attached hydrogens (tertiary/aromatic N) is 2. The lowest BCUT2D eigenvalue weighted by atomic mass is 9.97. The van der Waals surface area contributed by atoms with E-state index in [1.54, 1.807) is 12.1 Å². The van der Waals surface area contributed by atoms with Crippen molar-refractivity contribution in [1.82, 2.24) is 15.1 Å². The summed E-state index contributed by atoms with van der Waals surface area (Å²) in [6, 6.07) is 7.67. The largest absolute Gasteiger partial charge is 0.379 e. The average Bonchev–Trinajstić information content (AvgIpc) is 3.11. The monoisotopic (exact) mass is 361 g/mol. The van der Waals surface area contributed by atoms with Crippen molar-refractivity contribution < 1.29 is 13.9 Å². The van der Waals surface area contributed by atoms with Gasteiger partial charge in [0.1, 0.15) is 5.82 Å². The van der Waals surface area contributed by atoms with Crippen LogP contribution in [0, 0.1) is 5.82 Å². The molecule has 2 unspecified atom stereocenters. The zero-order valence-electron chi connectivity index (χ0n) is 15.4. The number of halogens is 1. The van der Waals surface area contributed by atoms with E-state index in [4.69, 9.17) is 4.74 Å². The second-order valence-electron chi connectivity index (χ2n) is 7.79. The number of morpholine rings is 1. The van der Waals surface area contributed by atoms with Gasteiger partial charge in [0, 0.05) is 37.6 Å². The molecule has 0 spiro atoms. The quantitative estimate of drug-likeness (QED) is 0.897. The summed E-state index contributed by atoms with van der Waals surface area (Å²) in [7, 11) is 0. The average molecular weight is 361 g/mol. The highest BCUT2D eigenvalue weighted by Gasteiger charge is 2.39. The molecular weight excluding hydrogens is 333 g/mol. The smallest absolute Gasteiger partial charge is 0.222 e. The number of amides is 1. The van der Waals surface area contributed by atoms with E-state index in [1.165, 1.54) is 6.07 Å². The Morgan fingerprint density at radius 3 is 2.96 bits per heavy atom. The Morgan fingerprint density at radius 1 is 1.27 bits per heavy atom. The van der Waals surface area contributed by atoms with Crippen molar-refractivity contribution in [2.45, 2.75) is 56.9 Å². The van der Waals surface area contributed by atoms with Gasteiger partial charge < -0.3 is 10.1 Å². The van der Waals surface area contributed by atoms with E-state index in [1.807, 2.05) is 6.07 Å². The molecule has 0 radical (unpaired) electrons. The van der Waals surface area contributed by atoms with Gasteiger partial charge >= 0.3 is 0 Å². The molecule has 0 aliphatic carbocycles. The van der Waals surface area contributed by atoms with Crippen molar-refractivity contribution in [3.05, 3.63) is 35.6 Å². The summed E-state index contributed by atoms with van der Waals surface area (Å²) in [6.45, 7) is 5.48. The molecule has 6 heteroatoms. The molecule has 3 fully saturated rings. The van der Waals surface area contributed by atoms with Gasteiger partial charge in [-0.3, -0.25) is 14.6 Å². The molecule has 1 N–H and O–H groups in total. The first-order valence-electron chi connectivity index (χ1n) is 9.76. The number of ether oxygens (including phenoxy) is 1. The minimum atomic E-state index is -0.193. The molecule has 3 aliphatic rings. The van der Waals surface area contributed by atoms with Gasteiger partial charge in [0.2, 0.25) is 5.91 Å². The maximum atomic E-state index is 13.7. The van der Waals surface area contributed by atoms with E-state index in [9.17, 15) is 9.18 Å². The normalized spacial score (nSPS) is 34.0. The molecule has 0 aromatic heterocycles. The van der Waals surface area contributed by atoms with Crippen molar-refractivity contribution in [1.29, 1.82) is 0 Å². The summed E-state index contributed by atoms with van der Waals surface area (Å²) in [5.41, 5.74) is 1.01. The third-order valence-corrected chi connectivity index (χ3v) is 6.06. The van der Waals surface area contributed by atoms with E-state index in [0.717, 1.165) is 51.1 Å². The Labute approximate surface area is 154 Å². The van der Waals surface area contributed by atoms with Crippen LogP contribution in [0.15, 0.2) is 24.3 Å². The summed E-state index contributed by atoms with van der Waals surface area (Å²) < 4.78 is 19.2. The zero-order chi connectivity index (χ0) is 18.1. The van der Waals surface area contributed by atoms with Crippen molar-refractivity contribution in [2.75, 3.05) is 26.3 Å². The fraction of sp³-hybridized carbons (Fsp3) is 0.650. The molecule has 5 nitrogen and oxygen atoms in total. The predicted molar refractivity (Wildman–Crippen MR) is 97.0 cm³/mol. The van der Waals surface area contributed by atoms with Gasteiger partial charge in [-0.05, 0) is 43.9 Å².